The highest BCUT2D eigenvalue weighted by Gasteiger charge is 2.19. The molecule has 0 aliphatic carbocycles. The molecule has 0 aliphatic rings. The summed E-state index contributed by atoms with van der Waals surface area (Å²) in [5, 5.41) is 3.76. The second-order valence-corrected chi connectivity index (χ2v) is 5.10. The minimum absolute atomic E-state index is 0.0947. The van der Waals surface area contributed by atoms with Crippen LogP contribution in [0.1, 0.15) is 17.3 Å². The van der Waals surface area contributed by atoms with Crippen molar-refractivity contribution in [3.05, 3.63) is 28.8 Å². The van der Waals surface area contributed by atoms with Crippen molar-refractivity contribution in [1.82, 2.24) is 4.90 Å². The van der Waals surface area contributed by atoms with Gasteiger partial charge < -0.3 is 19.7 Å². The Balaban J connectivity index is 3.04. The van der Waals surface area contributed by atoms with Gasteiger partial charge in [0.2, 0.25) is 0 Å². The first-order valence-electron chi connectivity index (χ1n) is 6.24. The maximum Gasteiger partial charge on any atom is 0.255 e. The van der Waals surface area contributed by atoms with Crippen LogP contribution in [0, 0.1) is 0 Å². The van der Waals surface area contributed by atoms with Gasteiger partial charge in [0.1, 0.15) is 0 Å². The van der Waals surface area contributed by atoms with E-state index in [0.717, 1.165) is 0 Å². The highest BCUT2D eigenvalue weighted by Crippen LogP contribution is 2.23. The molecule has 1 N–H and O–H groups in total. The Bertz CT molecular complexity index is 462. The topological polar surface area (TPSA) is 50.8 Å². The van der Waals surface area contributed by atoms with Gasteiger partial charge >= 0.3 is 0 Å². The fraction of sp³-hybridized carbons (Fsp3) is 0.500. The van der Waals surface area contributed by atoms with Crippen LogP contribution in [-0.2, 0) is 9.47 Å². The number of ether oxygens (including phenoxy) is 2. The standard InChI is InChI=1S/C14H21ClN2O3/c1-9(14(19-4)20-5)16-12-8-10(15)6-7-11(12)13(18)17(2)3/h6-9,14,16H,1-5H3. The lowest BCUT2D eigenvalue weighted by Crippen LogP contribution is -2.34. The Hall–Kier alpha value is -1.30. The van der Waals surface area contributed by atoms with Crippen LogP contribution in [0.3, 0.4) is 0 Å². The second kappa shape index (κ2) is 7.47. The number of anilines is 1. The van der Waals surface area contributed by atoms with E-state index in [2.05, 4.69) is 5.32 Å². The van der Waals surface area contributed by atoms with Gasteiger partial charge in [-0.25, -0.2) is 0 Å². The van der Waals surface area contributed by atoms with E-state index in [1.165, 1.54) is 4.90 Å². The SMILES string of the molecule is COC(OC)C(C)Nc1cc(Cl)ccc1C(=O)N(C)C. The molecule has 0 saturated heterocycles. The van der Waals surface area contributed by atoms with Gasteiger partial charge in [0, 0.05) is 39.0 Å². The maximum atomic E-state index is 12.1. The summed E-state index contributed by atoms with van der Waals surface area (Å²) in [5.41, 5.74) is 1.21. The normalized spacial score (nSPS) is 12.3. The first-order chi connectivity index (χ1) is 9.40. The molecule has 0 aliphatic heterocycles. The Kier molecular flexibility index (Phi) is 6.26. The zero-order chi connectivity index (χ0) is 15.3. The summed E-state index contributed by atoms with van der Waals surface area (Å²) in [4.78, 5) is 13.7. The molecule has 0 spiro atoms. The molecular formula is C14H21ClN2O3. The van der Waals surface area contributed by atoms with Crippen molar-refractivity contribution >= 4 is 23.2 Å². The number of nitrogens with zero attached hydrogens (tertiary/aromatic N) is 1. The van der Waals surface area contributed by atoms with Crippen molar-refractivity contribution in [3.63, 3.8) is 0 Å². The van der Waals surface area contributed by atoms with E-state index >= 15 is 0 Å². The number of hydrogen-bond acceptors (Lipinski definition) is 4. The van der Waals surface area contributed by atoms with Crippen molar-refractivity contribution in [2.45, 2.75) is 19.3 Å². The number of carbonyl (C=O) groups excluding carboxylic acids is 1. The van der Waals surface area contributed by atoms with Crippen LogP contribution in [0.5, 0.6) is 0 Å². The summed E-state index contributed by atoms with van der Waals surface area (Å²) in [7, 11) is 6.54. The number of rotatable bonds is 6. The number of halogens is 1. The van der Waals surface area contributed by atoms with Crippen molar-refractivity contribution in [3.8, 4) is 0 Å². The van der Waals surface area contributed by atoms with Crippen LogP contribution >= 0.6 is 11.6 Å². The molecule has 0 saturated carbocycles. The number of carbonyl (C=O) groups is 1. The summed E-state index contributed by atoms with van der Waals surface area (Å²) in [6, 6.07) is 4.97. The molecule has 1 rings (SSSR count). The van der Waals surface area contributed by atoms with Crippen molar-refractivity contribution in [2.24, 2.45) is 0 Å². The average molecular weight is 301 g/mol. The van der Waals surface area contributed by atoms with Gasteiger partial charge in [-0.2, -0.15) is 0 Å². The summed E-state index contributed by atoms with van der Waals surface area (Å²) >= 11 is 6.00. The molecule has 1 unspecified atom stereocenters. The zero-order valence-corrected chi connectivity index (χ0v) is 13.2. The molecule has 0 bridgehead atoms. The molecule has 1 atom stereocenters. The lowest BCUT2D eigenvalue weighted by Gasteiger charge is -2.24. The Morgan fingerprint density at radius 3 is 2.40 bits per heavy atom. The fourth-order valence-electron chi connectivity index (χ4n) is 1.88. The highest BCUT2D eigenvalue weighted by molar-refractivity contribution is 6.31. The summed E-state index contributed by atoms with van der Waals surface area (Å²) < 4.78 is 10.4. The average Bonchev–Trinajstić information content (AvgIpc) is 2.39. The summed E-state index contributed by atoms with van der Waals surface area (Å²) in [6.45, 7) is 1.91. The molecule has 0 fully saturated rings. The van der Waals surface area contributed by atoms with Crippen LogP contribution in [0.25, 0.3) is 0 Å². The predicted octanol–water partition coefficient (Wildman–Crippen LogP) is 2.46. The molecule has 0 aromatic heterocycles. The first kappa shape index (κ1) is 16.8. The monoisotopic (exact) mass is 300 g/mol. The second-order valence-electron chi connectivity index (χ2n) is 4.66. The molecule has 20 heavy (non-hydrogen) atoms. The number of methoxy groups -OCH3 is 2. The molecule has 5 nitrogen and oxygen atoms in total. The summed E-state index contributed by atoms with van der Waals surface area (Å²) in [5.74, 6) is -0.0947. The zero-order valence-electron chi connectivity index (χ0n) is 12.4. The van der Waals surface area contributed by atoms with Gasteiger partial charge in [0.05, 0.1) is 11.6 Å². The van der Waals surface area contributed by atoms with Gasteiger partial charge in [-0.15, -0.1) is 0 Å². The van der Waals surface area contributed by atoms with E-state index in [9.17, 15) is 4.79 Å². The van der Waals surface area contributed by atoms with Crippen LogP contribution in [0.4, 0.5) is 5.69 Å². The van der Waals surface area contributed by atoms with Crippen LogP contribution in [0.2, 0.25) is 5.02 Å². The van der Waals surface area contributed by atoms with Gasteiger partial charge in [0.25, 0.3) is 5.91 Å². The molecule has 1 aromatic carbocycles. The Morgan fingerprint density at radius 2 is 1.90 bits per heavy atom. The van der Waals surface area contributed by atoms with E-state index in [4.69, 9.17) is 21.1 Å². The predicted molar refractivity (Wildman–Crippen MR) is 80.4 cm³/mol. The third-order valence-electron chi connectivity index (χ3n) is 2.87. The quantitative estimate of drug-likeness (QED) is 0.820. The molecule has 1 aromatic rings. The number of nitrogens with one attached hydrogen (secondary N) is 1. The van der Waals surface area contributed by atoms with Gasteiger partial charge in [0.15, 0.2) is 6.29 Å². The maximum absolute atomic E-state index is 12.1. The van der Waals surface area contributed by atoms with Crippen LogP contribution in [-0.4, -0.2) is 51.5 Å². The van der Waals surface area contributed by atoms with Crippen LogP contribution < -0.4 is 5.32 Å². The Labute approximate surface area is 124 Å². The van der Waals surface area contributed by atoms with E-state index in [1.54, 1.807) is 46.5 Å². The molecule has 0 heterocycles. The molecular weight excluding hydrogens is 280 g/mol. The molecule has 0 radical (unpaired) electrons. The molecule has 1 amide bonds. The number of amides is 1. The summed E-state index contributed by atoms with van der Waals surface area (Å²) in [6.07, 6.45) is -0.420. The van der Waals surface area contributed by atoms with Crippen molar-refractivity contribution < 1.29 is 14.3 Å². The molecule has 112 valence electrons. The van der Waals surface area contributed by atoms with Crippen molar-refractivity contribution in [1.29, 1.82) is 0 Å². The van der Waals surface area contributed by atoms with E-state index < -0.39 is 6.29 Å². The lowest BCUT2D eigenvalue weighted by molar-refractivity contribution is -0.109. The Morgan fingerprint density at radius 1 is 1.30 bits per heavy atom. The number of hydrogen-bond donors (Lipinski definition) is 1. The van der Waals surface area contributed by atoms with Crippen molar-refractivity contribution in [2.75, 3.05) is 33.6 Å². The van der Waals surface area contributed by atoms with Gasteiger partial charge in [-0.3, -0.25) is 4.79 Å². The van der Waals surface area contributed by atoms with Gasteiger partial charge in [-0.1, -0.05) is 11.6 Å². The smallest absolute Gasteiger partial charge is 0.255 e. The number of benzene rings is 1. The fourth-order valence-corrected chi connectivity index (χ4v) is 2.05. The third-order valence-corrected chi connectivity index (χ3v) is 3.11. The highest BCUT2D eigenvalue weighted by atomic mass is 35.5. The lowest BCUT2D eigenvalue weighted by atomic mass is 10.1. The largest absolute Gasteiger partial charge is 0.377 e. The molecule has 6 heteroatoms. The minimum Gasteiger partial charge on any atom is -0.377 e. The first-order valence-corrected chi connectivity index (χ1v) is 6.61. The van der Waals surface area contributed by atoms with E-state index in [-0.39, 0.29) is 11.9 Å². The van der Waals surface area contributed by atoms with E-state index in [1.807, 2.05) is 6.92 Å². The van der Waals surface area contributed by atoms with E-state index in [0.29, 0.717) is 16.3 Å². The third kappa shape index (κ3) is 4.10. The minimum atomic E-state index is -0.420. The van der Waals surface area contributed by atoms with Gasteiger partial charge in [-0.05, 0) is 25.1 Å². The van der Waals surface area contributed by atoms with Crippen LogP contribution in [0.15, 0.2) is 18.2 Å².